The second-order valence-corrected chi connectivity index (χ2v) is 5.61. The summed E-state index contributed by atoms with van der Waals surface area (Å²) in [6.07, 6.45) is -3.68. The molecule has 2 N–H and O–H groups in total. The van der Waals surface area contributed by atoms with Crippen molar-refractivity contribution in [3.63, 3.8) is 0 Å². The molecule has 0 amide bonds. The zero-order valence-electron chi connectivity index (χ0n) is 11.6. The van der Waals surface area contributed by atoms with Gasteiger partial charge in [0.2, 0.25) is 0 Å². The highest BCUT2D eigenvalue weighted by Crippen LogP contribution is 2.36. The van der Waals surface area contributed by atoms with Gasteiger partial charge in [-0.25, -0.2) is 0 Å². The molecule has 2 unspecified atom stereocenters. The first-order chi connectivity index (χ1) is 9.86. The van der Waals surface area contributed by atoms with Crippen LogP contribution in [0.2, 0.25) is 5.02 Å². The van der Waals surface area contributed by atoms with E-state index < -0.39 is 11.7 Å². The molecule has 0 radical (unpaired) electrons. The van der Waals surface area contributed by atoms with Crippen molar-refractivity contribution in [1.29, 1.82) is 0 Å². The number of benzene rings is 1. The van der Waals surface area contributed by atoms with Gasteiger partial charge in [-0.3, -0.25) is 0 Å². The van der Waals surface area contributed by atoms with Gasteiger partial charge in [0.25, 0.3) is 0 Å². The highest BCUT2D eigenvalue weighted by Gasteiger charge is 2.33. The lowest BCUT2D eigenvalue weighted by molar-refractivity contribution is -0.137. The van der Waals surface area contributed by atoms with Crippen LogP contribution in [0, 0.1) is 0 Å². The SMILES string of the molecule is CC(CC1COCCN1)Nc1ccc(Cl)c(C(F)(F)F)c1. The summed E-state index contributed by atoms with van der Waals surface area (Å²) in [6.45, 7) is 4.06. The van der Waals surface area contributed by atoms with Gasteiger partial charge in [-0.2, -0.15) is 13.2 Å². The number of ether oxygens (including phenoxy) is 1. The topological polar surface area (TPSA) is 33.3 Å². The van der Waals surface area contributed by atoms with Crippen LogP contribution in [0.4, 0.5) is 18.9 Å². The van der Waals surface area contributed by atoms with Gasteiger partial charge in [0.1, 0.15) is 0 Å². The van der Waals surface area contributed by atoms with E-state index in [-0.39, 0.29) is 17.1 Å². The molecule has 1 fully saturated rings. The summed E-state index contributed by atoms with van der Waals surface area (Å²) in [5.74, 6) is 0. The Kier molecular flexibility index (Phi) is 5.35. The Morgan fingerprint density at radius 1 is 1.48 bits per heavy atom. The fourth-order valence-corrected chi connectivity index (χ4v) is 2.60. The third-order valence-corrected chi connectivity index (χ3v) is 3.65. The van der Waals surface area contributed by atoms with E-state index in [4.69, 9.17) is 16.3 Å². The predicted molar refractivity (Wildman–Crippen MR) is 76.8 cm³/mol. The van der Waals surface area contributed by atoms with E-state index in [0.29, 0.717) is 18.9 Å². The number of nitrogens with one attached hydrogen (secondary N) is 2. The van der Waals surface area contributed by atoms with Crippen molar-refractivity contribution in [3.05, 3.63) is 28.8 Å². The molecule has 1 aliphatic rings. The molecular formula is C14H18ClF3N2O. The highest BCUT2D eigenvalue weighted by atomic mass is 35.5. The third kappa shape index (κ3) is 4.76. The first-order valence-electron chi connectivity index (χ1n) is 6.80. The lowest BCUT2D eigenvalue weighted by Crippen LogP contribution is -2.43. The zero-order chi connectivity index (χ0) is 15.5. The van der Waals surface area contributed by atoms with Crippen LogP contribution in [0.3, 0.4) is 0 Å². The summed E-state index contributed by atoms with van der Waals surface area (Å²) in [4.78, 5) is 0. The van der Waals surface area contributed by atoms with Gasteiger partial charge in [0.05, 0.1) is 23.8 Å². The quantitative estimate of drug-likeness (QED) is 0.889. The summed E-state index contributed by atoms with van der Waals surface area (Å²) in [5.41, 5.74) is -0.406. The van der Waals surface area contributed by atoms with E-state index in [2.05, 4.69) is 10.6 Å². The third-order valence-electron chi connectivity index (χ3n) is 3.32. The monoisotopic (exact) mass is 322 g/mol. The van der Waals surface area contributed by atoms with Gasteiger partial charge in [-0.1, -0.05) is 11.6 Å². The maximum atomic E-state index is 12.8. The minimum absolute atomic E-state index is 0.0199. The Bertz CT molecular complexity index is 476. The summed E-state index contributed by atoms with van der Waals surface area (Å²) in [6, 6.07) is 4.10. The van der Waals surface area contributed by atoms with E-state index in [1.165, 1.54) is 6.07 Å². The lowest BCUT2D eigenvalue weighted by Gasteiger charge is -2.27. The molecule has 2 atom stereocenters. The summed E-state index contributed by atoms with van der Waals surface area (Å²) >= 11 is 5.60. The van der Waals surface area contributed by atoms with Crippen LogP contribution in [-0.4, -0.2) is 31.8 Å². The summed E-state index contributed by atoms with van der Waals surface area (Å²) < 4.78 is 43.8. The van der Waals surface area contributed by atoms with Crippen LogP contribution in [0.15, 0.2) is 18.2 Å². The largest absolute Gasteiger partial charge is 0.417 e. The smallest absolute Gasteiger partial charge is 0.383 e. The number of hydrogen-bond donors (Lipinski definition) is 2. The Morgan fingerprint density at radius 3 is 2.86 bits per heavy atom. The Morgan fingerprint density at radius 2 is 2.24 bits per heavy atom. The van der Waals surface area contributed by atoms with Crippen molar-refractivity contribution < 1.29 is 17.9 Å². The van der Waals surface area contributed by atoms with Crippen LogP contribution < -0.4 is 10.6 Å². The molecule has 1 aliphatic heterocycles. The standard InChI is InChI=1S/C14H18ClF3N2O/c1-9(6-11-8-21-5-4-19-11)20-10-2-3-13(15)12(7-10)14(16,17)18/h2-3,7,9,11,19-20H,4-6,8H2,1H3. The molecule has 0 spiro atoms. The van der Waals surface area contributed by atoms with Crippen LogP contribution in [-0.2, 0) is 10.9 Å². The fraction of sp³-hybridized carbons (Fsp3) is 0.571. The molecule has 1 aromatic rings. The summed E-state index contributed by atoms with van der Waals surface area (Å²) in [7, 11) is 0. The van der Waals surface area contributed by atoms with E-state index in [0.717, 1.165) is 19.0 Å². The Balaban J connectivity index is 1.98. The Hall–Kier alpha value is -0.980. The molecule has 0 aromatic heterocycles. The minimum atomic E-state index is -4.45. The Labute approximate surface area is 126 Å². The fourth-order valence-electron chi connectivity index (χ4n) is 2.37. The van der Waals surface area contributed by atoms with E-state index in [1.807, 2.05) is 6.92 Å². The summed E-state index contributed by atoms with van der Waals surface area (Å²) in [5, 5.41) is 6.10. The molecule has 118 valence electrons. The van der Waals surface area contributed by atoms with Crippen molar-refractivity contribution in [1.82, 2.24) is 5.32 Å². The maximum Gasteiger partial charge on any atom is 0.417 e. The van der Waals surface area contributed by atoms with E-state index in [1.54, 1.807) is 6.07 Å². The molecule has 3 nitrogen and oxygen atoms in total. The molecule has 0 aliphatic carbocycles. The lowest BCUT2D eigenvalue weighted by atomic mass is 10.1. The second kappa shape index (κ2) is 6.85. The maximum absolute atomic E-state index is 12.8. The first-order valence-corrected chi connectivity index (χ1v) is 7.18. The molecule has 1 aromatic carbocycles. The molecule has 0 saturated carbocycles. The van der Waals surface area contributed by atoms with Gasteiger partial charge >= 0.3 is 6.18 Å². The average molecular weight is 323 g/mol. The van der Waals surface area contributed by atoms with Crippen molar-refractivity contribution in [3.8, 4) is 0 Å². The molecule has 0 bridgehead atoms. The molecule has 2 rings (SSSR count). The van der Waals surface area contributed by atoms with Crippen molar-refractivity contribution in [2.45, 2.75) is 31.6 Å². The second-order valence-electron chi connectivity index (χ2n) is 5.20. The average Bonchev–Trinajstić information content (AvgIpc) is 2.41. The van der Waals surface area contributed by atoms with Crippen LogP contribution in [0.25, 0.3) is 0 Å². The van der Waals surface area contributed by atoms with Gasteiger partial charge in [-0.05, 0) is 31.5 Å². The number of rotatable bonds is 4. The highest BCUT2D eigenvalue weighted by molar-refractivity contribution is 6.31. The van der Waals surface area contributed by atoms with Gasteiger partial charge in [0.15, 0.2) is 0 Å². The predicted octanol–water partition coefficient (Wildman–Crippen LogP) is 3.54. The van der Waals surface area contributed by atoms with Gasteiger partial charge < -0.3 is 15.4 Å². The zero-order valence-corrected chi connectivity index (χ0v) is 12.4. The number of anilines is 1. The molecule has 1 heterocycles. The van der Waals surface area contributed by atoms with E-state index in [9.17, 15) is 13.2 Å². The van der Waals surface area contributed by atoms with Crippen LogP contribution in [0.5, 0.6) is 0 Å². The molecule has 7 heteroatoms. The van der Waals surface area contributed by atoms with Crippen molar-refractivity contribution in [2.24, 2.45) is 0 Å². The minimum Gasteiger partial charge on any atom is -0.383 e. The van der Waals surface area contributed by atoms with Crippen molar-refractivity contribution in [2.75, 3.05) is 25.1 Å². The van der Waals surface area contributed by atoms with Gasteiger partial charge in [0, 0.05) is 24.3 Å². The number of halogens is 4. The van der Waals surface area contributed by atoms with Gasteiger partial charge in [-0.15, -0.1) is 0 Å². The number of hydrogen-bond acceptors (Lipinski definition) is 3. The number of morpholine rings is 1. The molecular weight excluding hydrogens is 305 g/mol. The van der Waals surface area contributed by atoms with E-state index >= 15 is 0 Å². The normalized spacial score (nSPS) is 21.1. The molecule has 1 saturated heterocycles. The van der Waals surface area contributed by atoms with Crippen LogP contribution >= 0.6 is 11.6 Å². The number of alkyl halides is 3. The molecule has 21 heavy (non-hydrogen) atoms. The van der Waals surface area contributed by atoms with Crippen molar-refractivity contribution >= 4 is 17.3 Å². The first kappa shape index (κ1) is 16.4. The van der Waals surface area contributed by atoms with Crippen LogP contribution in [0.1, 0.15) is 18.9 Å².